The number of ether oxygens (including phenoxy) is 1. The van der Waals surface area contributed by atoms with Gasteiger partial charge >= 0.3 is 11.9 Å². The van der Waals surface area contributed by atoms with Gasteiger partial charge in [0.05, 0.1) is 11.5 Å². The number of carbonyl (C=O) groups excluding carboxylic acids is 1. The molecule has 10 heteroatoms. The summed E-state index contributed by atoms with van der Waals surface area (Å²) in [5.41, 5.74) is 5.91. The van der Waals surface area contributed by atoms with E-state index in [1.807, 2.05) is 0 Å². The molecule has 1 aliphatic rings. The molecule has 2 rings (SSSR count). The maximum Gasteiger partial charge on any atom is 0.381 e. The van der Waals surface area contributed by atoms with Crippen molar-refractivity contribution >= 4 is 26.6 Å². The number of nitrogen functional groups attached to an aromatic ring is 1. The third-order valence-electron chi connectivity index (χ3n) is 3.95. The molecule has 0 aromatic heterocycles. The van der Waals surface area contributed by atoms with E-state index in [1.54, 1.807) is 0 Å². The number of halogens is 2. The van der Waals surface area contributed by atoms with Gasteiger partial charge in [-0.2, -0.15) is 8.78 Å². The van der Waals surface area contributed by atoms with Crippen molar-refractivity contribution in [3.63, 3.8) is 0 Å². The largest absolute Gasteiger partial charge is 0.461 e. The minimum Gasteiger partial charge on any atom is -0.461 e. The number of carbonyl (C=O) groups is 1. The monoisotopic (exact) mass is 403 g/mol. The topological polar surface area (TPSA) is 102 Å². The van der Waals surface area contributed by atoms with Gasteiger partial charge in [-0.05, 0) is 37.5 Å². The summed E-state index contributed by atoms with van der Waals surface area (Å²) in [7, 11) is -4.36. The number of hydrazine groups is 1. The van der Waals surface area contributed by atoms with Crippen molar-refractivity contribution in [2.24, 2.45) is 0 Å². The van der Waals surface area contributed by atoms with Crippen molar-refractivity contribution in [1.29, 1.82) is 0 Å². The molecule has 0 atom stereocenters. The van der Waals surface area contributed by atoms with Crippen LogP contribution in [0.3, 0.4) is 0 Å². The number of rotatable bonds is 7. The predicted molar refractivity (Wildman–Crippen MR) is 97.9 cm³/mol. The van der Waals surface area contributed by atoms with Crippen LogP contribution in [0.15, 0.2) is 30.3 Å². The third-order valence-corrected chi connectivity index (χ3v) is 5.38. The lowest BCUT2D eigenvalue weighted by Crippen LogP contribution is -2.45. The number of benzene rings is 1. The highest BCUT2D eigenvalue weighted by molar-refractivity contribution is 7.98. The quantitative estimate of drug-likeness (QED) is 0.534. The van der Waals surface area contributed by atoms with Crippen LogP contribution in [0, 0.1) is 0 Å². The first-order valence-corrected chi connectivity index (χ1v) is 10.1. The summed E-state index contributed by atoms with van der Waals surface area (Å²) in [6, 6.07) is 5.39. The number of esters is 1. The van der Waals surface area contributed by atoms with Gasteiger partial charge in [0, 0.05) is 24.9 Å². The number of nitrogens with one attached hydrogen (secondary N) is 1. The maximum absolute atomic E-state index is 14.2. The van der Waals surface area contributed by atoms with Gasteiger partial charge in [0.1, 0.15) is 0 Å². The Hall–Kier alpha value is -2.04. The summed E-state index contributed by atoms with van der Waals surface area (Å²) in [6.45, 7) is 2.08. The van der Waals surface area contributed by atoms with Gasteiger partial charge in [-0.25, -0.2) is 18.2 Å². The maximum atomic E-state index is 14.2. The Morgan fingerprint density at radius 2 is 1.85 bits per heavy atom. The number of piperidine rings is 1. The summed E-state index contributed by atoms with van der Waals surface area (Å²) < 4.78 is 58.4. The van der Waals surface area contributed by atoms with Crippen molar-refractivity contribution in [3.8, 4) is 0 Å². The lowest BCUT2D eigenvalue weighted by Gasteiger charge is -2.27. The van der Waals surface area contributed by atoms with Crippen LogP contribution >= 0.6 is 0 Å². The predicted octanol–water partition coefficient (Wildman–Crippen LogP) is 2.13. The highest BCUT2D eigenvalue weighted by atomic mass is 32.2. The van der Waals surface area contributed by atoms with Crippen LogP contribution in [-0.2, 0) is 19.6 Å². The number of anilines is 1. The van der Waals surface area contributed by atoms with Crippen LogP contribution in [0.2, 0.25) is 0 Å². The smallest absolute Gasteiger partial charge is 0.381 e. The Kier molecular flexibility index (Phi) is 6.90. The van der Waals surface area contributed by atoms with Gasteiger partial charge in [-0.3, -0.25) is 0 Å². The Balaban J connectivity index is 2.44. The van der Waals surface area contributed by atoms with Crippen molar-refractivity contribution in [3.05, 3.63) is 35.9 Å². The highest BCUT2D eigenvalue weighted by Gasteiger charge is 2.41. The standard InChI is InChI=1S/C17H23F2N3O4S/c1-2-26-16(23)17(18,19)12-15(13-6-8-14(20)9-7-13)27(24,25)21-22-10-4-3-5-11-22/h6-9,12,21H,2-5,10-11,20H2,1H3/b15-12+. The molecule has 1 saturated heterocycles. The summed E-state index contributed by atoms with van der Waals surface area (Å²) >= 11 is 0. The van der Waals surface area contributed by atoms with Gasteiger partial charge < -0.3 is 10.5 Å². The fourth-order valence-corrected chi connectivity index (χ4v) is 3.99. The van der Waals surface area contributed by atoms with Gasteiger partial charge in [-0.1, -0.05) is 18.6 Å². The van der Waals surface area contributed by atoms with Crippen molar-refractivity contribution in [1.82, 2.24) is 9.84 Å². The number of sulfonamides is 1. The lowest BCUT2D eigenvalue weighted by molar-refractivity contribution is -0.164. The number of hydrogen-bond acceptors (Lipinski definition) is 6. The summed E-state index contributed by atoms with van der Waals surface area (Å²) in [6.07, 6.45) is 2.67. The SMILES string of the molecule is CCOC(=O)C(F)(F)/C=C(\c1ccc(N)cc1)S(=O)(=O)NN1CCCCC1. The molecule has 27 heavy (non-hydrogen) atoms. The van der Waals surface area contributed by atoms with Gasteiger partial charge in [0.25, 0.3) is 10.0 Å². The average Bonchev–Trinajstić information content (AvgIpc) is 2.61. The molecule has 1 heterocycles. The van der Waals surface area contributed by atoms with E-state index >= 15 is 0 Å². The summed E-state index contributed by atoms with van der Waals surface area (Å²) in [5.74, 6) is -5.92. The van der Waals surface area contributed by atoms with E-state index in [9.17, 15) is 22.0 Å². The van der Waals surface area contributed by atoms with Crippen molar-refractivity contribution < 1.29 is 26.7 Å². The van der Waals surface area contributed by atoms with E-state index in [4.69, 9.17) is 5.73 Å². The third kappa shape index (κ3) is 5.72. The van der Waals surface area contributed by atoms with Gasteiger partial charge in [-0.15, -0.1) is 4.83 Å². The number of alkyl halides is 2. The van der Waals surface area contributed by atoms with Crippen LogP contribution in [0.1, 0.15) is 31.7 Å². The zero-order valence-corrected chi connectivity index (χ0v) is 15.8. The molecule has 1 aromatic carbocycles. The minimum atomic E-state index is -4.36. The number of nitrogens with two attached hydrogens (primary N) is 1. The molecule has 0 amide bonds. The van der Waals surface area contributed by atoms with Crippen molar-refractivity contribution in [2.75, 3.05) is 25.4 Å². The van der Waals surface area contributed by atoms with E-state index in [0.717, 1.165) is 19.3 Å². The van der Waals surface area contributed by atoms with E-state index in [-0.39, 0.29) is 18.2 Å². The molecule has 0 aliphatic carbocycles. The van der Waals surface area contributed by atoms with Crippen LogP contribution in [0.25, 0.3) is 4.91 Å². The number of hydrogen-bond donors (Lipinski definition) is 2. The van der Waals surface area contributed by atoms with E-state index in [0.29, 0.717) is 18.8 Å². The molecule has 0 spiro atoms. The Labute approximate surface area is 157 Å². The first-order chi connectivity index (χ1) is 12.7. The fourth-order valence-electron chi connectivity index (χ4n) is 2.62. The van der Waals surface area contributed by atoms with E-state index in [1.165, 1.54) is 36.2 Å². The molecule has 1 aliphatic heterocycles. The first kappa shape index (κ1) is 21.3. The molecule has 0 unspecified atom stereocenters. The summed E-state index contributed by atoms with van der Waals surface area (Å²) in [5, 5.41) is 1.46. The molecule has 1 aromatic rings. The zero-order chi connectivity index (χ0) is 20.1. The lowest BCUT2D eigenvalue weighted by atomic mass is 10.1. The minimum absolute atomic E-state index is 0.0160. The molecule has 0 radical (unpaired) electrons. The molecular formula is C17H23F2N3O4S. The Morgan fingerprint density at radius 1 is 1.26 bits per heavy atom. The second-order valence-corrected chi connectivity index (χ2v) is 7.75. The number of nitrogens with zero attached hydrogens (tertiary/aromatic N) is 1. The Bertz CT molecular complexity index is 789. The van der Waals surface area contributed by atoms with Gasteiger partial charge in [0.15, 0.2) is 0 Å². The summed E-state index contributed by atoms with van der Waals surface area (Å²) in [4.78, 5) is 13.1. The van der Waals surface area contributed by atoms with E-state index in [2.05, 4.69) is 9.57 Å². The van der Waals surface area contributed by atoms with Crippen LogP contribution < -0.4 is 10.6 Å². The molecular weight excluding hydrogens is 380 g/mol. The van der Waals surface area contributed by atoms with Crippen molar-refractivity contribution in [2.45, 2.75) is 32.1 Å². The fraction of sp³-hybridized carbons (Fsp3) is 0.471. The second kappa shape index (κ2) is 8.77. The molecule has 0 saturated carbocycles. The van der Waals surface area contributed by atoms with Crippen LogP contribution in [0.5, 0.6) is 0 Å². The molecule has 3 N–H and O–H groups in total. The molecule has 1 fully saturated rings. The first-order valence-electron chi connectivity index (χ1n) is 8.57. The molecule has 0 bridgehead atoms. The van der Waals surface area contributed by atoms with Crippen LogP contribution in [-0.4, -0.2) is 45.0 Å². The van der Waals surface area contributed by atoms with Crippen LogP contribution in [0.4, 0.5) is 14.5 Å². The normalized spacial score (nSPS) is 16.9. The van der Waals surface area contributed by atoms with E-state index < -0.39 is 26.8 Å². The zero-order valence-electron chi connectivity index (χ0n) is 15.0. The molecule has 7 nitrogen and oxygen atoms in total. The second-order valence-electron chi connectivity index (χ2n) is 6.12. The highest BCUT2D eigenvalue weighted by Crippen LogP contribution is 2.29. The van der Waals surface area contributed by atoms with Gasteiger partial charge in [0.2, 0.25) is 0 Å². The Morgan fingerprint density at radius 3 is 2.41 bits per heavy atom. The average molecular weight is 403 g/mol. The molecule has 150 valence electrons.